The Morgan fingerprint density at radius 2 is 1.79 bits per heavy atom. The summed E-state index contributed by atoms with van der Waals surface area (Å²) in [6.45, 7) is 4.86. The number of carbonyl (C=O) groups excluding carboxylic acids is 2. The Labute approximate surface area is 175 Å². The predicted molar refractivity (Wildman–Crippen MR) is 116 cm³/mol. The SMILES string of the molecule is COc1ccc(NC(C)=O)cc1NC(=O)CN1CCN(c2ccccc2Cl)CC1. The number of carbonyl (C=O) groups is 2. The maximum atomic E-state index is 12.6. The first kappa shape index (κ1) is 21.0. The maximum Gasteiger partial charge on any atom is 0.238 e. The van der Waals surface area contributed by atoms with Crippen LogP contribution in [0.3, 0.4) is 0 Å². The summed E-state index contributed by atoms with van der Waals surface area (Å²) in [5.41, 5.74) is 2.15. The first-order chi connectivity index (χ1) is 14.0. The molecule has 0 radical (unpaired) electrons. The zero-order valence-electron chi connectivity index (χ0n) is 16.6. The number of methoxy groups -OCH3 is 1. The Morgan fingerprint density at radius 1 is 1.07 bits per heavy atom. The second kappa shape index (κ2) is 9.62. The van der Waals surface area contributed by atoms with E-state index < -0.39 is 0 Å². The van der Waals surface area contributed by atoms with E-state index in [1.165, 1.54) is 14.0 Å². The maximum absolute atomic E-state index is 12.6. The van der Waals surface area contributed by atoms with Crippen molar-refractivity contribution in [1.82, 2.24) is 4.90 Å². The van der Waals surface area contributed by atoms with Crippen molar-refractivity contribution in [3.8, 4) is 5.75 Å². The van der Waals surface area contributed by atoms with Crippen molar-refractivity contribution in [3.63, 3.8) is 0 Å². The molecule has 2 aromatic rings. The van der Waals surface area contributed by atoms with Gasteiger partial charge in [0.25, 0.3) is 0 Å². The second-order valence-electron chi connectivity index (χ2n) is 6.86. The molecule has 29 heavy (non-hydrogen) atoms. The van der Waals surface area contributed by atoms with Crippen LogP contribution in [0, 0.1) is 0 Å². The van der Waals surface area contributed by atoms with Gasteiger partial charge in [-0.05, 0) is 30.3 Å². The molecule has 0 saturated carbocycles. The number of hydrogen-bond donors (Lipinski definition) is 2. The number of halogens is 1. The topological polar surface area (TPSA) is 73.9 Å². The lowest BCUT2D eigenvalue weighted by atomic mass is 10.2. The molecule has 2 amide bonds. The fraction of sp³-hybridized carbons (Fsp3) is 0.333. The summed E-state index contributed by atoms with van der Waals surface area (Å²) in [6, 6.07) is 12.9. The fourth-order valence-corrected chi connectivity index (χ4v) is 3.59. The van der Waals surface area contributed by atoms with Crippen molar-refractivity contribution in [1.29, 1.82) is 0 Å². The van der Waals surface area contributed by atoms with E-state index in [1.54, 1.807) is 18.2 Å². The summed E-state index contributed by atoms with van der Waals surface area (Å²) in [6.07, 6.45) is 0. The first-order valence-corrected chi connectivity index (χ1v) is 9.81. The molecule has 3 rings (SSSR count). The number of nitrogens with zero attached hydrogens (tertiary/aromatic N) is 2. The molecule has 1 saturated heterocycles. The largest absolute Gasteiger partial charge is 0.495 e. The normalized spacial score (nSPS) is 14.4. The molecule has 2 N–H and O–H groups in total. The molecule has 1 aliphatic heterocycles. The lowest BCUT2D eigenvalue weighted by Gasteiger charge is -2.36. The van der Waals surface area contributed by atoms with Crippen LogP contribution in [-0.4, -0.2) is 56.5 Å². The molecule has 1 aliphatic rings. The lowest BCUT2D eigenvalue weighted by Crippen LogP contribution is -2.48. The summed E-state index contributed by atoms with van der Waals surface area (Å²) >= 11 is 6.28. The Morgan fingerprint density at radius 3 is 2.45 bits per heavy atom. The van der Waals surface area contributed by atoms with Crippen molar-refractivity contribution in [3.05, 3.63) is 47.5 Å². The molecule has 0 aromatic heterocycles. The molecule has 1 heterocycles. The van der Waals surface area contributed by atoms with Crippen LogP contribution in [0.25, 0.3) is 0 Å². The van der Waals surface area contributed by atoms with Crippen molar-refractivity contribution >= 4 is 40.5 Å². The third kappa shape index (κ3) is 5.62. The number of anilines is 3. The van der Waals surface area contributed by atoms with Crippen LogP contribution < -0.4 is 20.3 Å². The Bertz CT molecular complexity index is 882. The minimum Gasteiger partial charge on any atom is -0.495 e. The third-order valence-corrected chi connectivity index (χ3v) is 5.05. The van der Waals surface area contributed by atoms with Crippen LogP contribution in [0.15, 0.2) is 42.5 Å². The smallest absolute Gasteiger partial charge is 0.238 e. The molecule has 154 valence electrons. The van der Waals surface area contributed by atoms with Gasteiger partial charge in [-0.25, -0.2) is 0 Å². The monoisotopic (exact) mass is 416 g/mol. The van der Waals surface area contributed by atoms with Gasteiger partial charge in [0.1, 0.15) is 5.75 Å². The van der Waals surface area contributed by atoms with Gasteiger partial charge >= 0.3 is 0 Å². The highest BCUT2D eigenvalue weighted by atomic mass is 35.5. The van der Waals surface area contributed by atoms with Gasteiger partial charge in [0.2, 0.25) is 11.8 Å². The van der Waals surface area contributed by atoms with Crippen molar-refractivity contribution in [2.45, 2.75) is 6.92 Å². The number of ether oxygens (including phenoxy) is 1. The van der Waals surface area contributed by atoms with Crippen LogP contribution in [0.5, 0.6) is 5.75 Å². The summed E-state index contributed by atoms with van der Waals surface area (Å²) in [4.78, 5) is 28.2. The van der Waals surface area contributed by atoms with Crippen LogP contribution in [0.2, 0.25) is 5.02 Å². The molecule has 0 aliphatic carbocycles. The Kier molecular flexibility index (Phi) is 6.95. The molecule has 0 atom stereocenters. The minimum absolute atomic E-state index is 0.130. The molecule has 0 spiro atoms. The van der Waals surface area contributed by atoms with E-state index in [4.69, 9.17) is 16.3 Å². The molecule has 2 aromatic carbocycles. The van der Waals surface area contributed by atoms with Gasteiger partial charge in [-0.2, -0.15) is 0 Å². The van der Waals surface area contributed by atoms with Crippen LogP contribution >= 0.6 is 11.6 Å². The molecular weight excluding hydrogens is 392 g/mol. The van der Waals surface area contributed by atoms with E-state index in [1.807, 2.05) is 24.3 Å². The molecular formula is C21H25ClN4O3. The zero-order valence-corrected chi connectivity index (χ0v) is 17.3. The van der Waals surface area contributed by atoms with E-state index >= 15 is 0 Å². The highest BCUT2D eigenvalue weighted by Gasteiger charge is 2.21. The number of nitrogens with one attached hydrogen (secondary N) is 2. The molecule has 8 heteroatoms. The fourth-order valence-electron chi connectivity index (χ4n) is 3.33. The zero-order chi connectivity index (χ0) is 20.8. The lowest BCUT2D eigenvalue weighted by molar-refractivity contribution is -0.117. The van der Waals surface area contributed by atoms with Gasteiger partial charge < -0.3 is 20.3 Å². The average Bonchev–Trinajstić information content (AvgIpc) is 2.69. The van der Waals surface area contributed by atoms with Gasteiger partial charge in [-0.15, -0.1) is 0 Å². The number of amides is 2. The van der Waals surface area contributed by atoms with Crippen molar-refractivity contribution in [2.24, 2.45) is 0 Å². The van der Waals surface area contributed by atoms with Gasteiger partial charge in [0.05, 0.1) is 30.1 Å². The highest BCUT2D eigenvalue weighted by molar-refractivity contribution is 6.33. The summed E-state index contributed by atoms with van der Waals surface area (Å²) < 4.78 is 5.31. The quantitative estimate of drug-likeness (QED) is 0.757. The molecule has 7 nitrogen and oxygen atoms in total. The predicted octanol–water partition coefficient (Wildman–Crippen LogP) is 3.07. The number of piperazine rings is 1. The van der Waals surface area contributed by atoms with Crippen molar-refractivity contribution < 1.29 is 14.3 Å². The molecule has 1 fully saturated rings. The molecule has 0 unspecified atom stereocenters. The Balaban J connectivity index is 1.56. The van der Waals surface area contributed by atoms with Gasteiger partial charge in [-0.1, -0.05) is 23.7 Å². The third-order valence-electron chi connectivity index (χ3n) is 4.73. The second-order valence-corrected chi connectivity index (χ2v) is 7.27. The Hall–Kier alpha value is -2.77. The number of benzene rings is 2. The van der Waals surface area contributed by atoms with E-state index in [2.05, 4.69) is 20.4 Å². The summed E-state index contributed by atoms with van der Waals surface area (Å²) in [7, 11) is 1.54. The van der Waals surface area contributed by atoms with Crippen molar-refractivity contribution in [2.75, 3.05) is 55.4 Å². The van der Waals surface area contributed by atoms with E-state index in [-0.39, 0.29) is 18.4 Å². The standard InChI is InChI=1S/C21H25ClN4O3/c1-15(27)23-16-7-8-20(29-2)18(13-16)24-21(28)14-25-9-11-26(12-10-25)19-6-4-3-5-17(19)22/h3-8,13H,9-12,14H2,1-2H3,(H,23,27)(H,24,28). The number of rotatable bonds is 6. The summed E-state index contributed by atoms with van der Waals surface area (Å²) in [5, 5.41) is 6.33. The first-order valence-electron chi connectivity index (χ1n) is 9.43. The van der Waals surface area contributed by atoms with Gasteiger partial charge in [-0.3, -0.25) is 14.5 Å². The van der Waals surface area contributed by atoms with Crippen LogP contribution in [0.4, 0.5) is 17.1 Å². The number of hydrogen-bond acceptors (Lipinski definition) is 5. The van der Waals surface area contributed by atoms with E-state index in [0.29, 0.717) is 17.1 Å². The molecule has 0 bridgehead atoms. The van der Waals surface area contributed by atoms with Gasteiger partial charge in [0, 0.05) is 38.8 Å². The van der Waals surface area contributed by atoms with Crippen LogP contribution in [-0.2, 0) is 9.59 Å². The van der Waals surface area contributed by atoms with Gasteiger partial charge in [0.15, 0.2) is 0 Å². The average molecular weight is 417 g/mol. The van der Waals surface area contributed by atoms with E-state index in [9.17, 15) is 9.59 Å². The minimum atomic E-state index is -0.177. The van der Waals surface area contributed by atoms with Crippen LogP contribution in [0.1, 0.15) is 6.92 Å². The summed E-state index contributed by atoms with van der Waals surface area (Å²) in [5.74, 6) is 0.231. The van der Waals surface area contributed by atoms with E-state index in [0.717, 1.165) is 36.9 Å². The highest BCUT2D eigenvalue weighted by Crippen LogP contribution is 2.28. The number of para-hydroxylation sites is 1.